The van der Waals surface area contributed by atoms with E-state index >= 15 is 0 Å². The molecule has 0 aromatic heterocycles. The smallest absolute Gasteiger partial charge is 0.350 e. The summed E-state index contributed by atoms with van der Waals surface area (Å²) in [5, 5.41) is 7.09. The molecule has 0 spiro atoms. The summed E-state index contributed by atoms with van der Waals surface area (Å²) >= 11 is 0. The van der Waals surface area contributed by atoms with E-state index in [0.717, 1.165) is 25.2 Å². The van der Waals surface area contributed by atoms with Gasteiger partial charge in [0.1, 0.15) is 0 Å². The topological polar surface area (TPSA) is 112 Å². The number of methoxy groups -OCH3 is 1. The van der Waals surface area contributed by atoms with Crippen LogP contribution in [0.4, 0.5) is 0 Å². The molecular weight excluding hydrogens is 348 g/mol. The van der Waals surface area contributed by atoms with Gasteiger partial charge in [-0.1, -0.05) is 0 Å². The highest BCUT2D eigenvalue weighted by Crippen LogP contribution is 2.35. The molecule has 1 heterocycles. The van der Waals surface area contributed by atoms with Crippen LogP contribution in [0.5, 0.6) is 0 Å². The van der Waals surface area contributed by atoms with Crippen molar-refractivity contribution in [2.45, 2.75) is 58.2 Å². The van der Waals surface area contributed by atoms with E-state index in [1.54, 1.807) is 7.11 Å². The number of nitrogens with one attached hydrogen (secondary N) is 1. The normalized spacial score (nSPS) is 21.0. The molecular formula is C17H27ClN2O5. The molecule has 25 heavy (non-hydrogen) atoms. The Morgan fingerprint density at radius 3 is 1.96 bits per heavy atom. The summed E-state index contributed by atoms with van der Waals surface area (Å²) in [5.41, 5.74) is 5.89. The molecule has 3 aliphatic rings. The zero-order valence-electron chi connectivity index (χ0n) is 14.9. The van der Waals surface area contributed by atoms with E-state index < -0.39 is 17.7 Å². The zero-order valence-corrected chi connectivity index (χ0v) is 15.7. The highest BCUT2D eigenvalue weighted by atomic mass is 35.5. The molecule has 1 saturated heterocycles. The lowest BCUT2D eigenvalue weighted by atomic mass is 10.1. The number of carbonyl (C=O) groups excluding carboxylic acids is 2. The third kappa shape index (κ3) is 6.94. The summed E-state index contributed by atoms with van der Waals surface area (Å²) in [5.74, 6) is -0.839. The predicted octanol–water partition coefficient (Wildman–Crippen LogP) is 2.67. The molecule has 8 heteroatoms. The molecule has 0 aromatic carbocycles. The van der Waals surface area contributed by atoms with Crippen LogP contribution >= 0.6 is 12.4 Å². The van der Waals surface area contributed by atoms with Crippen LogP contribution in [-0.4, -0.2) is 30.7 Å². The molecule has 3 N–H and O–H groups in total. The standard InChI is InChI=1S/C11H15NO4.C6H11NO.ClH/c1-11(2)15-9(13)8(10(14)16-11)7(12)5-6-3-4-6;1-8-6(7)4-5-2-3-5;/h6H,3-5,12H2,1-2H3;5,7H,2-4H2,1H3;1H. The fourth-order valence-electron chi connectivity index (χ4n) is 2.32. The molecule has 2 aliphatic carbocycles. The summed E-state index contributed by atoms with van der Waals surface area (Å²) in [6.45, 7) is 3.02. The molecule has 0 unspecified atom stereocenters. The number of rotatable bonds is 4. The molecule has 0 atom stereocenters. The van der Waals surface area contributed by atoms with Gasteiger partial charge in [-0.25, -0.2) is 9.59 Å². The van der Waals surface area contributed by atoms with Crippen LogP contribution in [-0.2, 0) is 23.8 Å². The Kier molecular flexibility index (Phi) is 7.29. The van der Waals surface area contributed by atoms with Crippen LogP contribution in [0.25, 0.3) is 0 Å². The molecule has 0 bridgehead atoms. The molecule has 142 valence electrons. The van der Waals surface area contributed by atoms with E-state index in [4.69, 9.17) is 20.6 Å². The van der Waals surface area contributed by atoms with Crippen molar-refractivity contribution >= 4 is 30.2 Å². The monoisotopic (exact) mass is 374 g/mol. The van der Waals surface area contributed by atoms with Gasteiger partial charge >= 0.3 is 11.9 Å². The van der Waals surface area contributed by atoms with Crippen molar-refractivity contribution in [3.63, 3.8) is 0 Å². The van der Waals surface area contributed by atoms with Gasteiger partial charge in [-0.15, -0.1) is 12.4 Å². The van der Waals surface area contributed by atoms with E-state index in [9.17, 15) is 9.59 Å². The zero-order chi connectivity index (χ0) is 17.9. The Labute approximate surface area is 154 Å². The van der Waals surface area contributed by atoms with Crippen molar-refractivity contribution in [2.24, 2.45) is 17.6 Å². The molecule has 0 aromatic rings. The quantitative estimate of drug-likeness (QED) is 0.257. The first-order chi connectivity index (χ1) is 11.2. The summed E-state index contributed by atoms with van der Waals surface area (Å²) in [7, 11) is 1.56. The first-order valence-electron chi connectivity index (χ1n) is 8.28. The Balaban J connectivity index is 0.000000295. The Morgan fingerprint density at radius 2 is 1.56 bits per heavy atom. The second-order valence-corrected chi connectivity index (χ2v) is 7.00. The average molecular weight is 375 g/mol. The second kappa shape index (κ2) is 8.56. The molecule has 3 rings (SSSR count). The van der Waals surface area contributed by atoms with E-state index in [0.29, 0.717) is 18.2 Å². The first kappa shape index (κ1) is 21.3. The minimum absolute atomic E-state index is 0. The predicted molar refractivity (Wildman–Crippen MR) is 94.1 cm³/mol. The number of nitrogens with two attached hydrogens (primary N) is 1. The lowest BCUT2D eigenvalue weighted by Gasteiger charge is -2.30. The number of cyclic esters (lactones) is 2. The lowest BCUT2D eigenvalue weighted by molar-refractivity contribution is -0.222. The largest absolute Gasteiger partial charge is 0.484 e. The van der Waals surface area contributed by atoms with E-state index in [2.05, 4.69) is 4.74 Å². The minimum Gasteiger partial charge on any atom is -0.484 e. The SMILES string of the molecule is CC1(C)OC(=O)C(=C(N)CC2CC2)C(=O)O1.COC(=N)CC1CC1.Cl. The maximum absolute atomic E-state index is 11.6. The van der Waals surface area contributed by atoms with Gasteiger partial charge < -0.3 is 19.9 Å². The summed E-state index contributed by atoms with van der Waals surface area (Å²) in [6, 6.07) is 0. The van der Waals surface area contributed by atoms with Gasteiger partial charge in [-0.05, 0) is 43.9 Å². The third-order valence-electron chi connectivity index (χ3n) is 4.03. The maximum Gasteiger partial charge on any atom is 0.350 e. The lowest BCUT2D eigenvalue weighted by Crippen LogP contribution is -2.43. The maximum atomic E-state index is 11.6. The fraction of sp³-hybridized carbons (Fsp3) is 0.706. The summed E-state index contributed by atoms with van der Waals surface area (Å²) in [4.78, 5) is 23.2. The van der Waals surface area contributed by atoms with Gasteiger partial charge in [0.25, 0.3) is 5.79 Å². The highest BCUT2D eigenvalue weighted by molar-refractivity contribution is 6.15. The van der Waals surface area contributed by atoms with E-state index in [-0.39, 0.29) is 23.7 Å². The summed E-state index contributed by atoms with van der Waals surface area (Å²) in [6.07, 6.45) is 6.22. The first-order valence-corrected chi connectivity index (χ1v) is 8.28. The molecule has 1 aliphatic heterocycles. The van der Waals surface area contributed by atoms with Gasteiger partial charge in [-0.2, -0.15) is 0 Å². The van der Waals surface area contributed by atoms with Crippen molar-refractivity contribution in [2.75, 3.05) is 7.11 Å². The van der Waals surface area contributed by atoms with Crippen LogP contribution in [0.1, 0.15) is 52.4 Å². The van der Waals surface area contributed by atoms with E-state index in [1.165, 1.54) is 26.7 Å². The Hall–Kier alpha value is -1.76. The van der Waals surface area contributed by atoms with Crippen LogP contribution in [0.15, 0.2) is 11.3 Å². The Bertz CT molecular complexity index is 543. The number of ether oxygens (including phenoxy) is 3. The van der Waals surface area contributed by atoms with Crippen molar-refractivity contribution in [3.05, 3.63) is 11.3 Å². The van der Waals surface area contributed by atoms with Crippen LogP contribution in [0, 0.1) is 17.2 Å². The van der Waals surface area contributed by atoms with Gasteiger partial charge in [0, 0.05) is 26.0 Å². The number of allylic oxidation sites excluding steroid dienone is 1. The van der Waals surface area contributed by atoms with Crippen molar-refractivity contribution in [1.29, 1.82) is 5.41 Å². The number of hydrogen-bond donors (Lipinski definition) is 2. The molecule has 2 saturated carbocycles. The number of carbonyl (C=O) groups is 2. The third-order valence-corrected chi connectivity index (χ3v) is 4.03. The molecule has 0 radical (unpaired) electrons. The highest BCUT2D eigenvalue weighted by Gasteiger charge is 2.41. The number of hydrogen-bond acceptors (Lipinski definition) is 7. The van der Waals surface area contributed by atoms with Crippen molar-refractivity contribution < 1.29 is 23.8 Å². The van der Waals surface area contributed by atoms with E-state index in [1.807, 2.05) is 0 Å². The van der Waals surface area contributed by atoms with Crippen LogP contribution in [0.2, 0.25) is 0 Å². The van der Waals surface area contributed by atoms with Crippen molar-refractivity contribution in [3.8, 4) is 0 Å². The number of esters is 2. The van der Waals surface area contributed by atoms with Gasteiger partial charge in [0.05, 0.1) is 7.11 Å². The van der Waals surface area contributed by atoms with Crippen LogP contribution in [0.3, 0.4) is 0 Å². The second-order valence-electron chi connectivity index (χ2n) is 7.00. The van der Waals surface area contributed by atoms with Gasteiger partial charge in [0.15, 0.2) is 11.5 Å². The number of halogens is 1. The van der Waals surface area contributed by atoms with Gasteiger partial charge in [0.2, 0.25) is 0 Å². The molecule has 7 nitrogen and oxygen atoms in total. The van der Waals surface area contributed by atoms with Crippen LogP contribution < -0.4 is 5.73 Å². The minimum atomic E-state index is -1.20. The average Bonchev–Trinajstić information content (AvgIpc) is 3.33. The summed E-state index contributed by atoms with van der Waals surface area (Å²) < 4.78 is 14.6. The van der Waals surface area contributed by atoms with Gasteiger partial charge in [-0.3, -0.25) is 5.41 Å². The molecule has 0 amide bonds. The molecule has 3 fully saturated rings. The fourth-order valence-corrected chi connectivity index (χ4v) is 2.32. The van der Waals surface area contributed by atoms with Crippen molar-refractivity contribution in [1.82, 2.24) is 0 Å². The Morgan fingerprint density at radius 1 is 1.12 bits per heavy atom.